The third kappa shape index (κ3) is 3.53. The summed E-state index contributed by atoms with van der Waals surface area (Å²) in [6, 6.07) is 7.03. The Bertz CT molecular complexity index is 801. The molecule has 0 saturated heterocycles. The zero-order valence-electron chi connectivity index (χ0n) is 14.1. The lowest BCUT2D eigenvalue weighted by molar-refractivity contribution is 0.0978. The molecule has 1 aromatic heterocycles. The number of nitrogens with zero attached hydrogens (tertiary/aromatic N) is 3. The van der Waals surface area contributed by atoms with Crippen LogP contribution < -0.4 is 0 Å². The van der Waals surface area contributed by atoms with E-state index in [1.165, 1.54) is 4.31 Å². The maximum atomic E-state index is 13.1. The Kier molecular flexibility index (Phi) is 5.03. The second-order valence-electron chi connectivity index (χ2n) is 6.14. The summed E-state index contributed by atoms with van der Waals surface area (Å²) in [7, 11) is -3.56. The Labute approximate surface area is 143 Å². The van der Waals surface area contributed by atoms with Gasteiger partial charge >= 0.3 is 0 Å². The largest absolute Gasteiger partial charge is 0.381 e. The van der Waals surface area contributed by atoms with Gasteiger partial charge in [0, 0.05) is 38.0 Å². The van der Waals surface area contributed by atoms with Crippen molar-refractivity contribution in [2.24, 2.45) is 5.92 Å². The summed E-state index contributed by atoms with van der Waals surface area (Å²) in [4.78, 5) is 4.65. The lowest BCUT2D eigenvalue weighted by atomic mass is 10.1. The summed E-state index contributed by atoms with van der Waals surface area (Å²) in [5.41, 5.74) is 0.929. The van der Waals surface area contributed by atoms with Gasteiger partial charge in [-0.1, -0.05) is 12.1 Å². The molecular weight excluding hydrogens is 326 g/mol. The number of sulfonamides is 1. The third-order valence-electron chi connectivity index (χ3n) is 4.22. The van der Waals surface area contributed by atoms with E-state index in [4.69, 9.17) is 4.74 Å². The summed E-state index contributed by atoms with van der Waals surface area (Å²) in [6.07, 6.45) is 3.62. The van der Waals surface area contributed by atoms with Gasteiger partial charge < -0.3 is 9.30 Å². The summed E-state index contributed by atoms with van der Waals surface area (Å²) < 4.78 is 35.3. The van der Waals surface area contributed by atoms with Gasteiger partial charge in [-0.2, -0.15) is 4.31 Å². The number of hydrogen-bond donors (Lipinski definition) is 0. The minimum atomic E-state index is -3.56. The maximum Gasteiger partial charge on any atom is 0.243 e. The van der Waals surface area contributed by atoms with Gasteiger partial charge in [0.05, 0.1) is 18.0 Å². The predicted octanol–water partition coefficient (Wildman–Crippen LogP) is 2.05. The molecule has 6 nitrogen and oxygen atoms in total. The van der Waals surface area contributed by atoms with E-state index in [-0.39, 0.29) is 12.5 Å². The fourth-order valence-electron chi connectivity index (χ4n) is 3.00. The highest BCUT2D eigenvalue weighted by Crippen LogP contribution is 2.24. The molecule has 0 N–H and O–H groups in total. The third-order valence-corrected chi connectivity index (χ3v) is 6.03. The zero-order chi connectivity index (χ0) is 17.2. The average molecular weight is 349 g/mol. The second-order valence-corrected chi connectivity index (χ2v) is 8.07. The first-order chi connectivity index (χ1) is 11.5. The smallest absolute Gasteiger partial charge is 0.243 e. The van der Waals surface area contributed by atoms with Crippen LogP contribution in [0.2, 0.25) is 0 Å². The van der Waals surface area contributed by atoms with Crippen LogP contribution >= 0.6 is 0 Å². The van der Waals surface area contributed by atoms with Gasteiger partial charge in [-0.3, -0.25) is 0 Å². The van der Waals surface area contributed by atoms with Crippen LogP contribution in [0, 0.1) is 12.8 Å². The average Bonchev–Trinajstić information content (AvgIpc) is 2.90. The predicted molar refractivity (Wildman–Crippen MR) is 91.0 cm³/mol. The molecule has 1 aliphatic rings. The highest BCUT2D eigenvalue weighted by Gasteiger charge is 2.31. The molecule has 2 aromatic rings. The Hall–Kier alpha value is -1.70. The molecule has 1 aromatic carbocycles. The standard InChI is InChI=1S/C17H23N3O3S/c1-3-23-13-15-10-19-8-7-18-17(19)12-20(11-15)24(21,22)16-6-4-5-14(2)9-16/h4-9,15H,3,10-13H2,1-2H3/t15-/m1/s1. The molecule has 0 amide bonds. The highest BCUT2D eigenvalue weighted by molar-refractivity contribution is 7.89. The van der Waals surface area contributed by atoms with Crippen LogP contribution in [0.25, 0.3) is 0 Å². The van der Waals surface area contributed by atoms with Crippen LogP contribution in [0.1, 0.15) is 18.3 Å². The van der Waals surface area contributed by atoms with Crippen LogP contribution in [0.5, 0.6) is 0 Å². The lowest BCUT2D eigenvalue weighted by Crippen LogP contribution is -2.35. The topological polar surface area (TPSA) is 64.4 Å². The molecule has 0 bridgehead atoms. The van der Waals surface area contributed by atoms with Crippen LogP contribution in [0.4, 0.5) is 0 Å². The minimum absolute atomic E-state index is 0.0972. The van der Waals surface area contributed by atoms with Crippen molar-refractivity contribution in [1.82, 2.24) is 13.9 Å². The van der Waals surface area contributed by atoms with Crippen molar-refractivity contribution in [2.45, 2.75) is 31.8 Å². The summed E-state index contributed by atoms with van der Waals surface area (Å²) >= 11 is 0. The second kappa shape index (κ2) is 7.04. The van der Waals surface area contributed by atoms with Gasteiger partial charge in [-0.15, -0.1) is 0 Å². The van der Waals surface area contributed by atoms with E-state index < -0.39 is 10.0 Å². The summed E-state index contributed by atoms with van der Waals surface area (Å²) in [5.74, 6) is 0.866. The molecule has 1 aliphatic heterocycles. The van der Waals surface area contributed by atoms with Gasteiger partial charge in [0.2, 0.25) is 10.0 Å². The van der Waals surface area contributed by atoms with Crippen LogP contribution in [0.15, 0.2) is 41.6 Å². The quantitative estimate of drug-likeness (QED) is 0.829. The van der Waals surface area contributed by atoms with Crippen molar-refractivity contribution in [3.05, 3.63) is 48.0 Å². The molecular formula is C17H23N3O3S. The van der Waals surface area contributed by atoms with E-state index in [1.807, 2.05) is 30.7 Å². The van der Waals surface area contributed by atoms with Gasteiger partial charge in [-0.05, 0) is 31.5 Å². The molecule has 130 valence electrons. The summed E-state index contributed by atoms with van der Waals surface area (Å²) in [5, 5.41) is 0. The zero-order valence-corrected chi connectivity index (χ0v) is 14.9. The van der Waals surface area contributed by atoms with Crippen LogP contribution in [0.3, 0.4) is 0 Å². The molecule has 3 rings (SSSR count). The van der Waals surface area contributed by atoms with Gasteiger partial charge in [0.15, 0.2) is 0 Å². The van der Waals surface area contributed by atoms with Gasteiger partial charge in [0.25, 0.3) is 0 Å². The Balaban J connectivity index is 1.93. The number of imidazole rings is 1. The number of rotatable bonds is 5. The Morgan fingerprint density at radius 1 is 1.33 bits per heavy atom. The van der Waals surface area contributed by atoms with Crippen molar-refractivity contribution in [2.75, 3.05) is 19.8 Å². The van der Waals surface area contributed by atoms with Crippen LogP contribution in [-0.4, -0.2) is 42.0 Å². The number of ether oxygens (including phenoxy) is 1. The number of aryl methyl sites for hydroxylation is 1. The minimum Gasteiger partial charge on any atom is -0.381 e. The first kappa shape index (κ1) is 17.1. The number of aromatic nitrogens is 2. The Morgan fingerprint density at radius 2 is 2.17 bits per heavy atom. The molecule has 24 heavy (non-hydrogen) atoms. The molecule has 0 spiro atoms. The van der Waals surface area contributed by atoms with Gasteiger partial charge in [-0.25, -0.2) is 13.4 Å². The molecule has 0 unspecified atom stereocenters. The lowest BCUT2D eigenvalue weighted by Gasteiger charge is -2.23. The van der Waals surface area contributed by atoms with E-state index >= 15 is 0 Å². The number of fused-ring (bicyclic) bond motifs is 1. The molecule has 0 fully saturated rings. The van der Waals surface area contributed by atoms with E-state index in [9.17, 15) is 8.42 Å². The monoisotopic (exact) mass is 349 g/mol. The van der Waals surface area contributed by atoms with E-state index in [1.54, 1.807) is 24.4 Å². The molecule has 1 atom stereocenters. The van der Waals surface area contributed by atoms with Crippen molar-refractivity contribution >= 4 is 10.0 Å². The molecule has 2 heterocycles. The van der Waals surface area contributed by atoms with Crippen molar-refractivity contribution in [3.63, 3.8) is 0 Å². The first-order valence-electron chi connectivity index (χ1n) is 8.15. The molecule has 0 saturated carbocycles. The van der Waals surface area contributed by atoms with Gasteiger partial charge in [0.1, 0.15) is 5.82 Å². The normalized spacial score (nSPS) is 19.0. The molecule has 0 aliphatic carbocycles. The summed E-state index contributed by atoms with van der Waals surface area (Å²) in [6.45, 7) is 6.43. The van der Waals surface area contributed by atoms with Crippen LogP contribution in [-0.2, 0) is 27.8 Å². The highest BCUT2D eigenvalue weighted by atomic mass is 32.2. The van der Waals surface area contributed by atoms with E-state index in [2.05, 4.69) is 4.98 Å². The number of benzene rings is 1. The SMILES string of the molecule is CCOC[C@H]1CN(S(=O)(=O)c2cccc(C)c2)Cc2nccn2C1. The van der Waals surface area contributed by atoms with Crippen molar-refractivity contribution in [3.8, 4) is 0 Å². The first-order valence-corrected chi connectivity index (χ1v) is 9.59. The Morgan fingerprint density at radius 3 is 2.92 bits per heavy atom. The van der Waals surface area contributed by atoms with E-state index in [0.29, 0.717) is 24.7 Å². The fourth-order valence-corrected chi connectivity index (χ4v) is 4.58. The molecule has 7 heteroatoms. The fraction of sp³-hybridized carbons (Fsp3) is 0.471. The maximum absolute atomic E-state index is 13.1. The number of hydrogen-bond acceptors (Lipinski definition) is 4. The van der Waals surface area contributed by atoms with Crippen molar-refractivity contribution in [1.29, 1.82) is 0 Å². The van der Waals surface area contributed by atoms with Crippen molar-refractivity contribution < 1.29 is 13.2 Å². The van der Waals surface area contributed by atoms with E-state index in [0.717, 1.165) is 17.9 Å². The molecule has 0 radical (unpaired) electrons.